The smallest absolute Gasteiger partial charge is 0.00804 e. The Labute approximate surface area is 114 Å². The van der Waals surface area contributed by atoms with Crippen LogP contribution in [0.15, 0.2) is 11.1 Å². The Hall–Kier alpha value is -0.260. The third-order valence-corrected chi connectivity index (χ3v) is 6.02. The van der Waals surface area contributed by atoms with E-state index in [1.54, 1.807) is 5.57 Å². The monoisotopic (exact) mass is 248 g/mol. The molecule has 2 aliphatic rings. The van der Waals surface area contributed by atoms with Crippen LogP contribution >= 0.6 is 0 Å². The largest absolute Gasteiger partial charge is 0.0735 e. The van der Waals surface area contributed by atoms with Crippen LogP contribution in [0.4, 0.5) is 0 Å². The van der Waals surface area contributed by atoms with Gasteiger partial charge < -0.3 is 0 Å². The van der Waals surface area contributed by atoms with Gasteiger partial charge in [-0.05, 0) is 62.2 Å². The van der Waals surface area contributed by atoms with Gasteiger partial charge in [0.25, 0.3) is 0 Å². The van der Waals surface area contributed by atoms with E-state index in [0.29, 0.717) is 10.8 Å². The van der Waals surface area contributed by atoms with E-state index in [-0.39, 0.29) is 0 Å². The first-order chi connectivity index (χ1) is 8.42. The van der Waals surface area contributed by atoms with Crippen molar-refractivity contribution in [2.45, 2.75) is 86.0 Å². The summed E-state index contributed by atoms with van der Waals surface area (Å²) in [5.74, 6) is 0.925. The molecule has 0 aromatic rings. The van der Waals surface area contributed by atoms with E-state index in [4.69, 9.17) is 0 Å². The molecule has 0 N–H and O–H groups in total. The van der Waals surface area contributed by atoms with Crippen molar-refractivity contribution in [1.29, 1.82) is 0 Å². The second-order valence-electron chi connectivity index (χ2n) is 7.71. The first-order valence-electron chi connectivity index (χ1n) is 8.11. The number of hydrogen-bond donors (Lipinski definition) is 0. The zero-order valence-corrected chi connectivity index (χ0v) is 13.2. The molecule has 18 heavy (non-hydrogen) atoms. The summed E-state index contributed by atoms with van der Waals surface area (Å²) in [6.45, 7) is 12.4. The van der Waals surface area contributed by atoms with Crippen LogP contribution < -0.4 is 0 Å². The highest BCUT2D eigenvalue weighted by Gasteiger charge is 2.49. The van der Waals surface area contributed by atoms with Gasteiger partial charge in [0, 0.05) is 0 Å². The summed E-state index contributed by atoms with van der Waals surface area (Å²) in [5.41, 5.74) is 4.68. The zero-order valence-electron chi connectivity index (χ0n) is 13.2. The average molecular weight is 248 g/mol. The summed E-state index contributed by atoms with van der Waals surface area (Å²) < 4.78 is 0. The van der Waals surface area contributed by atoms with Crippen molar-refractivity contribution >= 4 is 0 Å². The Kier molecular flexibility index (Phi) is 3.95. The van der Waals surface area contributed by atoms with E-state index in [1.807, 2.05) is 5.57 Å². The molecular formula is C18H32. The van der Waals surface area contributed by atoms with Crippen molar-refractivity contribution in [2.24, 2.45) is 16.7 Å². The fourth-order valence-electron chi connectivity index (χ4n) is 5.04. The van der Waals surface area contributed by atoms with Crippen molar-refractivity contribution in [2.75, 3.05) is 0 Å². The molecule has 0 nitrogen and oxygen atoms in total. The third kappa shape index (κ3) is 2.28. The molecule has 2 atom stereocenters. The minimum atomic E-state index is 0.527. The maximum Gasteiger partial charge on any atom is -0.00804 e. The van der Waals surface area contributed by atoms with Gasteiger partial charge in [-0.2, -0.15) is 0 Å². The quantitative estimate of drug-likeness (QED) is 0.528. The van der Waals surface area contributed by atoms with E-state index in [9.17, 15) is 0 Å². The fourth-order valence-corrected chi connectivity index (χ4v) is 5.04. The molecule has 0 saturated heterocycles. The van der Waals surface area contributed by atoms with Crippen LogP contribution in [0.3, 0.4) is 0 Å². The third-order valence-electron chi connectivity index (χ3n) is 6.02. The van der Waals surface area contributed by atoms with Gasteiger partial charge in [0.2, 0.25) is 0 Å². The average Bonchev–Trinajstić information content (AvgIpc) is 2.27. The Bertz CT molecular complexity index is 334. The molecule has 104 valence electrons. The van der Waals surface area contributed by atoms with E-state index >= 15 is 0 Å². The molecule has 2 aliphatic carbocycles. The SMILES string of the molecule is CCCCC1=C(C)CCC2C(C)(C)CCCC12C. The van der Waals surface area contributed by atoms with E-state index in [2.05, 4.69) is 34.6 Å². The predicted molar refractivity (Wildman–Crippen MR) is 80.7 cm³/mol. The summed E-state index contributed by atoms with van der Waals surface area (Å²) >= 11 is 0. The Balaban J connectivity index is 2.32. The summed E-state index contributed by atoms with van der Waals surface area (Å²) in [6.07, 6.45) is 11.2. The van der Waals surface area contributed by atoms with Crippen LogP contribution in [0.25, 0.3) is 0 Å². The molecule has 0 aromatic carbocycles. The molecule has 1 fully saturated rings. The lowest BCUT2D eigenvalue weighted by Gasteiger charge is -2.55. The van der Waals surface area contributed by atoms with Crippen molar-refractivity contribution < 1.29 is 0 Å². The van der Waals surface area contributed by atoms with Gasteiger partial charge >= 0.3 is 0 Å². The normalized spacial score (nSPS) is 35.5. The molecule has 0 amide bonds. The maximum absolute atomic E-state index is 2.59. The van der Waals surface area contributed by atoms with Gasteiger partial charge in [-0.3, -0.25) is 0 Å². The van der Waals surface area contributed by atoms with Gasteiger partial charge in [0.1, 0.15) is 0 Å². The molecule has 0 spiro atoms. The molecule has 1 saturated carbocycles. The standard InChI is InChI=1S/C18H32/c1-6-7-9-15-14(2)10-11-16-17(3,4)12-8-13-18(15,16)5/h16H,6-13H2,1-5H3. The molecule has 0 radical (unpaired) electrons. The topological polar surface area (TPSA) is 0 Å². The fraction of sp³-hybridized carbons (Fsp3) is 0.889. The second kappa shape index (κ2) is 5.02. The lowest BCUT2D eigenvalue weighted by Crippen LogP contribution is -2.45. The van der Waals surface area contributed by atoms with Crippen LogP contribution in [0, 0.1) is 16.7 Å². The van der Waals surface area contributed by atoms with Gasteiger partial charge in [0.15, 0.2) is 0 Å². The number of fused-ring (bicyclic) bond motifs is 1. The van der Waals surface area contributed by atoms with Gasteiger partial charge in [-0.1, -0.05) is 51.7 Å². The minimum absolute atomic E-state index is 0.527. The summed E-state index contributed by atoms with van der Waals surface area (Å²) in [7, 11) is 0. The van der Waals surface area contributed by atoms with Crippen molar-refractivity contribution in [1.82, 2.24) is 0 Å². The van der Waals surface area contributed by atoms with Crippen LogP contribution in [0.1, 0.15) is 86.0 Å². The maximum atomic E-state index is 2.59. The molecule has 0 aliphatic heterocycles. The van der Waals surface area contributed by atoms with Crippen molar-refractivity contribution in [3.63, 3.8) is 0 Å². The molecule has 0 bridgehead atoms. The Morgan fingerprint density at radius 2 is 1.89 bits per heavy atom. The number of unbranched alkanes of at least 4 members (excludes halogenated alkanes) is 1. The van der Waals surface area contributed by atoms with Crippen LogP contribution in [0.2, 0.25) is 0 Å². The van der Waals surface area contributed by atoms with Crippen LogP contribution in [-0.4, -0.2) is 0 Å². The number of allylic oxidation sites excluding steroid dienone is 2. The second-order valence-corrected chi connectivity index (χ2v) is 7.71. The highest BCUT2D eigenvalue weighted by atomic mass is 14.5. The molecular weight excluding hydrogens is 216 g/mol. The molecule has 0 aromatic heterocycles. The lowest BCUT2D eigenvalue weighted by atomic mass is 9.50. The van der Waals surface area contributed by atoms with Gasteiger partial charge in [-0.15, -0.1) is 0 Å². The predicted octanol–water partition coefficient (Wildman–Crippen LogP) is 6.12. The summed E-state index contributed by atoms with van der Waals surface area (Å²) in [4.78, 5) is 0. The van der Waals surface area contributed by atoms with Crippen LogP contribution in [-0.2, 0) is 0 Å². The highest BCUT2D eigenvalue weighted by Crippen LogP contribution is 2.60. The molecule has 2 unspecified atom stereocenters. The number of hydrogen-bond acceptors (Lipinski definition) is 0. The Morgan fingerprint density at radius 1 is 1.17 bits per heavy atom. The van der Waals surface area contributed by atoms with Crippen molar-refractivity contribution in [3.8, 4) is 0 Å². The summed E-state index contributed by atoms with van der Waals surface area (Å²) in [6, 6.07) is 0. The number of rotatable bonds is 3. The van der Waals surface area contributed by atoms with E-state index < -0.39 is 0 Å². The molecule has 2 rings (SSSR count). The van der Waals surface area contributed by atoms with Gasteiger partial charge in [-0.25, -0.2) is 0 Å². The zero-order chi connectivity index (χ0) is 13.4. The first-order valence-corrected chi connectivity index (χ1v) is 8.11. The van der Waals surface area contributed by atoms with E-state index in [0.717, 1.165) is 5.92 Å². The Morgan fingerprint density at radius 3 is 2.56 bits per heavy atom. The first kappa shape index (κ1) is 14.2. The lowest BCUT2D eigenvalue weighted by molar-refractivity contribution is 0.0103. The minimum Gasteiger partial charge on any atom is -0.0735 e. The summed E-state index contributed by atoms with van der Waals surface area (Å²) in [5, 5.41) is 0. The van der Waals surface area contributed by atoms with E-state index in [1.165, 1.54) is 51.4 Å². The highest BCUT2D eigenvalue weighted by molar-refractivity contribution is 5.27. The molecule has 0 heterocycles. The van der Waals surface area contributed by atoms with Gasteiger partial charge in [0.05, 0.1) is 0 Å². The molecule has 0 heteroatoms. The van der Waals surface area contributed by atoms with Crippen LogP contribution in [0.5, 0.6) is 0 Å². The van der Waals surface area contributed by atoms with Crippen molar-refractivity contribution in [3.05, 3.63) is 11.1 Å².